The van der Waals surface area contributed by atoms with E-state index in [1.165, 1.54) is 18.2 Å². The number of carbonyl (C=O) groups excluding carboxylic acids is 3. The summed E-state index contributed by atoms with van der Waals surface area (Å²) in [6.07, 6.45) is 0. The van der Waals surface area contributed by atoms with Crippen LogP contribution in [0.3, 0.4) is 0 Å². The molecule has 3 amide bonds. The second-order valence-corrected chi connectivity index (χ2v) is 6.76. The van der Waals surface area contributed by atoms with Gasteiger partial charge in [0.15, 0.2) is 0 Å². The third-order valence-corrected chi connectivity index (χ3v) is 4.40. The van der Waals surface area contributed by atoms with Crippen LogP contribution >= 0.6 is 11.6 Å². The van der Waals surface area contributed by atoms with Gasteiger partial charge < -0.3 is 21.7 Å². The summed E-state index contributed by atoms with van der Waals surface area (Å²) in [5.41, 5.74) is 7.23. The molecule has 0 saturated carbocycles. The molecule has 0 bridgehead atoms. The lowest BCUT2D eigenvalue weighted by atomic mass is 10.1. The molecule has 3 rings (SSSR count). The normalized spacial score (nSPS) is 10.2. The minimum Gasteiger partial charge on any atom is -0.375 e. The topological polar surface area (TPSA) is 113 Å². The smallest absolute Gasteiger partial charge is 0.257 e. The Morgan fingerprint density at radius 2 is 1.50 bits per heavy atom. The first-order chi connectivity index (χ1) is 14.4. The molecule has 0 aromatic heterocycles. The molecule has 0 aliphatic rings. The Labute approximate surface area is 178 Å². The van der Waals surface area contributed by atoms with Crippen molar-refractivity contribution in [2.24, 2.45) is 5.73 Å². The first-order valence-corrected chi connectivity index (χ1v) is 9.40. The Morgan fingerprint density at radius 3 is 2.23 bits per heavy atom. The predicted octanol–water partition coefficient (Wildman–Crippen LogP) is 3.74. The molecule has 30 heavy (non-hydrogen) atoms. The summed E-state index contributed by atoms with van der Waals surface area (Å²) in [6, 6.07) is 20.2. The molecule has 152 valence electrons. The van der Waals surface area contributed by atoms with Crippen molar-refractivity contribution in [2.45, 2.75) is 0 Å². The summed E-state index contributed by atoms with van der Waals surface area (Å²) in [4.78, 5) is 36.6. The molecule has 0 aliphatic heterocycles. The zero-order valence-corrected chi connectivity index (χ0v) is 16.6. The zero-order valence-electron chi connectivity index (χ0n) is 15.8. The average Bonchev–Trinajstić information content (AvgIpc) is 2.73. The van der Waals surface area contributed by atoms with E-state index in [9.17, 15) is 14.4 Å². The van der Waals surface area contributed by atoms with Crippen molar-refractivity contribution in [1.82, 2.24) is 0 Å². The number of para-hydroxylation sites is 2. The van der Waals surface area contributed by atoms with E-state index in [0.717, 1.165) is 0 Å². The fourth-order valence-electron chi connectivity index (χ4n) is 2.76. The maximum Gasteiger partial charge on any atom is 0.257 e. The molecule has 0 unspecified atom stereocenters. The van der Waals surface area contributed by atoms with Gasteiger partial charge in [-0.25, -0.2) is 0 Å². The van der Waals surface area contributed by atoms with Gasteiger partial charge in [0.1, 0.15) is 0 Å². The van der Waals surface area contributed by atoms with Crippen LogP contribution in [0.15, 0.2) is 72.8 Å². The SMILES string of the molecule is NC(=O)c1ccc(Cl)cc1NCC(=O)Nc1ccccc1C(=O)Nc1ccccc1. The fraction of sp³-hybridized carbons (Fsp3) is 0.0455. The van der Waals surface area contributed by atoms with E-state index in [2.05, 4.69) is 16.0 Å². The molecular formula is C22H19ClN4O3. The van der Waals surface area contributed by atoms with Crippen molar-refractivity contribution in [2.75, 3.05) is 22.5 Å². The van der Waals surface area contributed by atoms with Gasteiger partial charge >= 0.3 is 0 Å². The molecule has 3 aromatic carbocycles. The average molecular weight is 423 g/mol. The van der Waals surface area contributed by atoms with Crippen molar-refractivity contribution in [3.63, 3.8) is 0 Å². The van der Waals surface area contributed by atoms with Crippen molar-refractivity contribution in [3.8, 4) is 0 Å². The number of nitrogens with one attached hydrogen (secondary N) is 3. The molecule has 0 saturated heterocycles. The lowest BCUT2D eigenvalue weighted by Gasteiger charge is -2.13. The minimum absolute atomic E-state index is 0.157. The van der Waals surface area contributed by atoms with Gasteiger partial charge in [0, 0.05) is 16.4 Å². The third kappa shape index (κ3) is 5.36. The number of benzene rings is 3. The number of carbonyl (C=O) groups is 3. The molecule has 5 N–H and O–H groups in total. The van der Waals surface area contributed by atoms with E-state index in [0.29, 0.717) is 27.6 Å². The van der Waals surface area contributed by atoms with Gasteiger partial charge in [-0.2, -0.15) is 0 Å². The van der Waals surface area contributed by atoms with Gasteiger partial charge in [-0.15, -0.1) is 0 Å². The number of hydrogen-bond donors (Lipinski definition) is 4. The van der Waals surface area contributed by atoms with Crippen LogP contribution in [-0.4, -0.2) is 24.3 Å². The second kappa shape index (κ2) is 9.58. The van der Waals surface area contributed by atoms with Gasteiger partial charge in [-0.1, -0.05) is 41.9 Å². The maximum absolute atomic E-state index is 12.6. The lowest BCUT2D eigenvalue weighted by molar-refractivity contribution is -0.114. The Kier molecular flexibility index (Phi) is 6.67. The maximum atomic E-state index is 12.6. The molecule has 0 aliphatic carbocycles. The lowest BCUT2D eigenvalue weighted by Crippen LogP contribution is -2.25. The van der Waals surface area contributed by atoms with E-state index in [1.807, 2.05) is 18.2 Å². The standard InChI is InChI=1S/C22H19ClN4O3/c23-14-10-11-16(21(24)29)19(12-14)25-13-20(28)27-18-9-5-4-8-17(18)22(30)26-15-6-2-1-3-7-15/h1-12,25H,13H2,(H2,24,29)(H,26,30)(H,27,28). The van der Waals surface area contributed by atoms with Gasteiger partial charge in [-0.3, -0.25) is 14.4 Å². The zero-order chi connectivity index (χ0) is 21.5. The summed E-state index contributed by atoms with van der Waals surface area (Å²) in [5.74, 6) is -1.40. The van der Waals surface area contributed by atoms with Crippen molar-refractivity contribution in [1.29, 1.82) is 0 Å². The van der Waals surface area contributed by atoms with E-state index in [-0.39, 0.29) is 18.0 Å². The van der Waals surface area contributed by atoms with Crippen LogP contribution in [-0.2, 0) is 4.79 Å². The number of halogens is 1. The Hall–Kier alpha value is -3.84. The first kappa shape index (κ1) is 20.9. The second-order valence-electron chi connectivity index (χ2n) is 6.32. The van der Waals surface area contributed by atoms with Crippen LogP contribution in [0.1, 0.15) is 20.7 Å². The highest BCUT2D eigenvalue weighted by Crippen LogP contribution is 2.21. The van der Waals surface area contributed by atoms with Crippen LogP contribution in [0, 0.1) is 0 Å². The molecule has 7 nitrogen and oxygen atoms in total. The molecular weight excluding hydrogens is 404 g/mol. The first-order valence-electron chi connectivity index (χ1n) is 9.02. The number of rotatable bonds is 7. The van der Waals surface area contributed by atoms with E-state index in [1.54, 1.807) is 36.4 Å². The van der Waals surface area contributed by atoms with Crippen LogP contribution in [0.4, 0.5) is 17.1 Å². The molecule has 0 spiro atoms. The van der Waals surface area contributed by atoms with Gasteiger partial charge in [-0.05, 0) is 42.5 Å². The number of hydrogen-bond acceptors (Lipinski definition) is 4. The quantitative estimate of drug-likeness (QED) is 0.464. The number of anilines is 3. The van der Waals surface area contributed by atoms with Gasteiger partial charge in [0.05, 0.1) is 23.4 Å². The minimum atomic E-state index is -0.641. The Bertz CT molecular complexity index is 1090. The van der Waals surface area contributed by atoms with Gasteiger partial charge in [0.2, 0.25) is 5.91 Å². The van der Waals surface area contributed by atoms with Gasteiger partial charge in [0.25, 0.3) is 11.8 Å². The van der Waals surface area contributed by atoms with E-state index < -0.39 is 11.8 Å². The molecule has 0 atom stereocenters. The largest absolute Gasteiger partial charge is 0.375 e. The van der Waals surface area contributed by atoms with Crippen molar-refractivity contribution < 1.29 is 14.4 Å². The summed E-state index contributed by atoms with van der Waals surface area (Å²) >= 11 is 5.95. The Balaban J connectivity index is 1.69. The van der Waals surface area contributed by atoms with Crippen LogP contribution in [0.5, 0.6) is 0 Å². The van der Waals surface area contributed by atoms with Crippen molar-refractivity contribution in [3.05, 3.63) is 88.9 Å². The number of primary amides is 1. The monoisotopic (exact) mass is 422 g/mol. The highest BCUT2D eigenvalue weighted by atomic mass is 35.5. The molecule has 0 heterocycles. The summed E-state index contributed by atoms with van der Waals surface area (Å²) < 4.78 is 0. The molecule has 0 fully saturated rings. The van der Waals surface area contributed by atoms with Crippen molar-refractivity contribution >= 4 is 46.4 Å². The highest BCUT2D eigenvalue weighted by molar-refractivity contribution is 6.31. The summed E-state index contributed by atoms with van der Waals surface area (Å²) in [5, 5.41) is 8.72. The van der Waals surface area contributed by atoms with E-state index >= 15 is 0 Å². The fourth-order valence-corrected chi connectivity index (χ4v) is 2.93. The van der Waals surface area contributed by atoms with Crippen LogP contribution in [0.2, 0.25) is 5.02 Å². The summed E-state index contributed by atoms with van der Waals surface area (Å²) in [7, 11) is 0. The summed E-state index contributed by atoms with van der Waals surface area (Å²) in [6.45, 7) is -0.157. The van der Waals surface area contributed by atoms with Crippen LogP contribution < -0.4 is 21.7 Å². The molecule has 8 heteroatoms. The molecule has 0 radical (unpaired) electrons. The third-order valence-electron chi connectivity index (χ3n) is 4.16. The number of nitrogens with two attached hydrogens (primary N) is 1. The predicted molar refractivity (Wildman–Crippen MR) is 118 cm³/mol. The molecule has 3 aromatic rings. The Morgan fingerprint density at radius 1 is 0.800 bits per heavy atom. The van der Waals surface area contributed by atoms with Crippen LogP contribution in [0.25, 0.3) is 0 Å². The number of amides is 3. The van der Waals surface area contributed by atoms with E-state index in [4.69, 9.17) is 17.3 Å². The highest BCUT2D eigenvalue weighted by Gasteiger charge is 2.14.